The lowest BCUT2D eigenvalue weighted by atomic mass is 9.95. The third kappa shape index (κ3) is 2.68. The number of carbonyl (C=O) groups is 1. The molecule has 2 rings (SSSR count). The van der Waals surface area contributed by atoms with Crippen LogP contribution in [0.2, 0.25) is 0 Å². The number of thiophene rings is 1. The van der Waals surface area contributed by atoms with Crippen molar-refractivity contribution in [3.05, 3.63) is 15.9 Å². The van der Waals surface area contributed by atoms with Crippen LogP contribution in [0.4, 0.5) is 0 Å². The number of piperidine rings is 1. The lowest BCUT2D eigenvalue weighted by molar-refractivity contribution is -0.121. The summed E-state index contributed by atoms with van der Waals surface area (Å²) in [4.78, 5) is 11.3. The largest absolute Gasteiger partial charge is 0.300 e. The maximum Gasteiger partial charge on any atom is 0.253 e. The Bertz CT molecular complexity index is 544. The third-order valence-corrected chi connectivity index (χ3v) is 7.73. The number of Topliss-reactive ketones (excluding diaryl/α,β-unsaturated/α-hetero) is 1. The van der Waals surface area contributed by atoms with Gasteiger partial charge in [-0.15, -0.1) is 11.3 Å². The minimum Gasteiger partial charge on any atom is -0.300 e. The van der Waals surface area contributed by atoms with Gasteiger partial charge < -0.3 is 0 Å². The minimum atomic E-state index is -3.40. The van der Waals surface area contributed by atoms with Gasteiger partial charge in [-0.05, 0) is 47.1 Å². The average Bonchev–Trinajstić information content (AvgIpc) is 2.76. The van der Waals surface area contributed by atoms with Crippen molar-refractivity contribution in [1.82, 2.24) is 4.31 Å². The molecule has 0 amide bonds. The molecule has 0 spiro atoms. The van der Waals surface area contributed by atoms with Crippen LogP contribution in [0.5, 0.6) is 0 Å². The normalized spacial score (nSPS) is 19.0. The van der Waals surface area contributed by atoms with E-state index in [0.717, 1.165) is 0 Å². The van der Waals surface area contributed by atoms with Gasteiger partial charge in [0.1, 0.15) is 9.99 Å². The van der Waals surface area contributed by atoms with E-state index < -0.39 is 10.0 Å². The summed E-state index contributed by atoms with van der Waals surface area (Å²) in [6.07, 6.45) is 1.25. The number of hydrogen-bond acceptors (Lipinski definition) is 4. The molecule has 2 heterocycles. The van der Waals surface area contributed by atoms with Gasteiger partial charge in [-0.25, -0.2) is 8.42 Å². The van der Waals surface area contributed by atoms with Crippen LogP contribution in [0.15, 0.2) is 20.1 Å². The van der Waals surface area contributed by atoms with Crippen LogP contribution in [-0.2, 0) is 14.8 Å². The van der Waals surface area contributed by atoms with Gasteiger partial charge in [-0.1, -0.05) is 0 Å². The molecule has 1 fully saturated rings. The lowest BCUT2D eigenvalue weighted by Crippen LogP contribution is -2.39. The second-order valence-corrected chi connectivity index (χ2v) is 8.25. The molecule has 0 bridgehead atoms. The first-order chi connectivity index (χ1) is 8.43. The standard InChI is InChI=1S/C11H14BrNO3S2/c1-8(14)9-2-5-13(6-3-9)18(15,16)11-10(12)4-7-17-11/h4,7,9H,2-3,5-6H2,1H3. The van der Waals surface area contributed by atoms with Gasteiger partial charge in [0.25, 0.3) is 10.0 Å². The Morgan fingerprint density at radius 2 is 2.06 bits per heavy atom. The van der Waals surface area contributed by atoms with E-state index in [9.17, 15) is 13.2 Å². The molecule has 0 saturated carbocycles. The van der Waals surface area contributed by atoms with E-state index in [0.29, 0.717) is 34.6 Å². The summed E-state index contributed by atoms with van der Waals surface area (Å²) in [6, 6.07) is 1.74. The first-order valence-electron chi connectivity index (χ1n) is 5.66. The fourth-order valence-corrected chi connectivity index (χ4v) is 6.00. The molecule has 1 aliphatic rings. The molecule has 4 nitrogen and oxygen atoms in total. The summed E-state index contributed by atoms with van der Waals surface area (Å²) in [5.74, 6) is 0.174. The number of sulfonamides is 1. The Morgan fingerprint density at radius 3 is 2.50 bits per heavy atom. The highest BCUT2D eigenvalue weighted by Crippen LogP contribution is 2.32. The van der Waals surface area contributed by atoms with Crippen LogP contribution in [0, 0.1) is 5.92 Å². The zero-order valence-corrected chi connectivity index (χ0v) is 13.1. The molecule has 0 aromatic carbocycles. The van der Waals surface area contributed by atoms with Crippen LogP contribution < -0.4 is 0 Å². The van der Waals surface area contributed by atoms with Crippen molar-refractivity contribution in [1.29, 1.82) is 0 Å². The van der Waals surface area contributed by atoms with Crippen molar-refractivity contribution < 1.29 is 13.2 Å². The average molecular weight is 352 g/mol. The molecule has 0 unspecified atom stereocenters. The highest BCUT2D eigenvalue weighted by atomic mass is 79.9. The molecule has 18 heavy (non-hydrogen) atoms. The molecule has 1 aliphatic heterocycles. The Hall–Kier alpha value is -0.240. The fraction of sp³-hybridized carbons (Fsp3) is 0.545. The summed E-state index contributed by atoms with van der Waals surface area (Å²) in [6.45, 7) is 2.43. The summed E-state index contributed by atoms with van der Waals surface area (Å²) in [7, 11) is -3.40. The molecule has 7 heteroatoms. The Labute approximate surface area is 119 Å². The minimum absolute atomic E-state index is 0.0169. The summed E-state index contributed by atoms with van der Waals surface area (Å²) in [5, 5.41) is 1.75. The van der Waals surface area contributed by atoms with Gasteiger partial charge in [-0.3, -0.25) is 4.79 Å². The van der Waals surface area contributed by atoms with Crippen LogP contribution in [0.1, 0.15) is 19.8 Å². The maximum absolute atomic E-state index is 12.4. The second-order valence-electron chi connectivity index (χ2n) is 4.35. The monoisotopic (exact) mass is 351 g/mol. The van der Waals surface area contributed by atoms with Crippen LogP contribution in [0.25, 0.3) is 0 Å². The number of hydrogen-bond donors (Lipinski definition) is 0. The van der Waals surface area contributed by atoms with E-state index in [1.807, 2.05) is 0 Å². The van der Waals surface area contributed by atoms with E-state index in [1.54, 1.807) is 18.4 Å². The molecular formula is C11H14BrNO3S2. The third-order valence-electron chi connectivity index (χ3n) is 3.19. The summed E-state index contributed by atoms with van der Waals surface area (Å²) < 4.78 is 27.2. The SMILES string of the molecule is CC(=O)C1CCN(S(=O)(=O)c2sccc2Br)CC1. The van der Waals surface area contributed by atoms with E-state index in [-0.39, 0.29) is 11.7 Å². The van der Waals surface area contributed by atoms with E-state index in [1.165, 1.54) is 15.6 Å². The van der Waals surface area contributed by atoms with Gasteiger partial charge >= 0.3 is 0 Å². The molecule has 100 valence electrons. The number of ketones is 1. The lowest BCUT2D eigenvalue weighted by Gasteiger charge is -2.29. The molecule has 1 aromatic heterocycles. The van der Waals surface area contributed by atoms with Crippen molar-refractivity contribution in [2.45, 2.75) is 24.0 Å². The van der Waals surface area contributed by atoms with Gasteiger partial charge in [-0.2, -0.15) is 4.31 Å². The summed E-state index contributed by atoms with van der Waals surface area (Å²) >= 11 is 4.47. The first kappa shape index (κ1) is 14.2. The number of rotatable bonds is 3. The van der Waals surface area contributed by atoms with E-state index in [2.05, 4.69) is 15.9 Å². The van der Waals surface area contributed by atoms with Crippen molar-refractivity contribution in [2.24, 2.45) is 5.92 Å². The maximum atomic E-state index is 12.4. The fourth-order valence-electron chi connectivity index (χ4n) is 2.08. The molecule has 0 atom stereocenters. The number of nitrogens with zero attached hydrogens (tertiary/aromatic N) is 1. The Kier molecular flexibility index (Phi) is 4.25. The van der Waals surface area contributed by atoms with Crippen molar-refractivity contribution in [2.75, 3.05) is 13.1 Å². The number of carbonyl (C=O) groups excluding carboxylic acids is 1. The van der Waals surface area contributed by atoms with E-state index >= 15 is 0 Å². The Morgan fingerprint density at radius 1 is 1.44 bits per heavy atom. The topological polar surface area (TPSA) is 54.5 Å². The van der Waals surface area contributed by atoms with Crippen LogP contribution in [-0.4, -0.2) is 31.6 Å². The zero-order chi connectivity index (χ0) is 13.3. The van der Waals surface area contributed by atoms with Gasteiger partial charge in [0.2, 0.25) is 0 Å². The highest BCUT2D eigenvalue weighted by molar-refractivity contribution is 9.10. The molecular weight excluding hydrogens is 338 g/mol. The van der Waals surface area contributed by atoms with Crippen molar-refractivity contribution in [3.8, 4) is 0 Å². The zero-order valence-electron chi connectivity index (χ0n) is 9.93. The molecule has 1 aromatic rings. The van der Waals surface area contributed by atoms with Gasteiger partial charge in [0.05, 0.1) is 0 Å². The smallest absolute Gasteiger partial charge is 0.253 e. The number of halogens is 1. The molecule has 1 saturated heterocycles. The molecule has 0 N–H and O–H groups in total. The van der Waals surface area contributed by atoms with Crippen LogP contribution >= 0.6 is 27.3 Å². The van der Waals surface area contributed by atoms with Crippen LogP contribution in [0.3, 0.4) is 0 Å². The van der Waals surface area contributed by atoms with Crippen molar-refractivity contribution >= 4 is 43.1 Å². The second kappa shape index (κ2) is 5.40. The molecule has 0 aliphatic carbocycles. The van der Waals surface area contributed by atoms with Gasteiger partial charge in [0, 0.05) is 23.5 Å². The quantitative estimate of drug-likeness (QED) is 0.840. The van der Waals surface area contributed by atoms with Crippen molar-refractivity contribution in [3.63, 3.8) is 0 Å². The predicted octanol–water partition coefficient (Wildman–Crippen LogP) is 2.50. The summed E-state index contributed by atoms with van der Waals surface area (Å²) in [5.41, 5.74) is 0. The van der Waals surface area contributed by atoms with Gasteiger partial charge in [0.15, 0.2) is 0 Å². The Balaban J connectivity index is 2.15. The first-order valence-corrected chi connectivity index (χ1v) is 8.78. The van der Waals surface area contributed by atoms with E-state index in [4.69, 9.17) is 0 Å². The highest BCUT2D eigenvalue weighted by Gasteiger charge is 2.32. The predicted molar refractivity (Wildman–Crippen MR) is 74.2 cm³/mol. The molecule has 0 radical (unpaired) electrons.